The van der Waals surface area contributed by atoms with Crippen LogP contribution in [0.15, 0.2) is 90.0 Å². The molecule has 1 saturated carbocycles. The summed E-state index contributed by atoms with van der Waals surface area (Å²) in [6.45, 7) is 0. The fraction of sp³-hybridized carbons (Fsp3) is 0.125. The van der Waals surface area contributed by atoms with Gasteiger partial charge < -0.3 is 5.11 Å². The highest BCUT2D eigenvalue weighted by Gasteiger charge is 2.60. The van der Waals surface area contributed by atoms with Crippen molar-refractivity contribution >= 4 is 18.1 Å². The van der Waals surface area contributed by atoms with E-state index in [1.165, 1.54) is 18.3 Å². The van der Waals surface area contributed by atoms with E-state index in [0.717, 1.165) is 17.5 Å². The first kappa shape index (κ1) is 18.6. The van der Waals surface area contributed by atoms with Crippen LogP contribution in [0.4, 0.5) is 0 Å². The lowest BCUT2D eigenvalue weighted by Crippen LogP contribution is -2.25. The summed E-state index contributed by atoms with van der Waals surface area (Å²) in [6.07, 6.45) is 2.24. The first-order chi connectivity index (χ1) is 14.1. The van der Waals surface area contributed by atoms with Crippen molar-refractivity contribution in [1.29, 1.82) is 0 Å². The maximum atomic E-state index is 12.8. The van der Waals surface area contributed by atoms with Gasteiger partial charge in [0.15, 0.2) is 0 Å². The van der Waals surface area contributed by atoms with Gasteiger partial charge in [0.1, 0.15) is 0 Å². The monoisotopic (exact) mass is 384 g/mol. The van der Waals surface area contributed by atoms with Gasteiger partial charge in [0.05, 0.1) is 17.7 Å². The second-order valence-electron chi connectivity index (χ2n) is 7.12. The maximum absolute atomic E-state index is 12.8. The highest BCUT2D eigenvalue weighted by Crippen LogP contribution is 2.58. The molecule has 3 aromatic rings. The molecule has 29 heavy (non-hydrogen) atoms. The Kier molecular flexibility index (Phi) is 4.96. The maximum Gasteiger partial charge on any atom is 0.335 e. The number of hydrogen-bond donors (Lipinski definition) is 2. The molecule has 1 amide bonds. The van der Waals surface area contributed by atoms with Gasteiger partial charge in [-0.2, -0.15) is 5.10 Å². The predicted octanol–water partition coefficient (Wildman–Crippen LogP) is 3.84. The van der Waals surface area contributed by atoms with E-state index in [1.54, 1.807) is 12.1 Å². The van der Waals surface area contributed by atoms with Gasteiger partial charge in [-0.15, -0.1) is 0 Å². The van der Waals surface area contributed by atoms with Crippen molar-refractivity contribution in [3.8, 4) is 0 Å². The molecule has 4 rings (SSSR count). The van der Waals surface area contributed by atoms with E-state index >= 15 is 0 Å². The Morgan fingerprint density at radius 1 is 0.897 bits per heavy atom. The number of aromatic carboxylic acids is 1. The van der Waals surface area contributed by atoms with Gasteiger partial charge >= 0.3 is 5.97 Å². The topological polar surface area (TPSA) is 78.8 Å². The number of amides is 1. The van der Waals surface area contributed by atoms with Crippen LogP contribution in [0, 0.1) is 5.92 Å². The summed E-state index contributed by atoms with van der Waals surface area (Å²) in [5.41, 5.74) is 5.48. The molecule has 1 unspecified atom stereocenters. The largest absolute Gasteiger partial charge is 0.478 e. The molecule has 2 N–H and O–H groups in total. The standard InChI is InChI=1S/C24H20N2O3/c27-22(26-25-16-17-11-13-18(14-12-17)23(28)29)21-15-24(21,19-7-3-1-4-8-19)20-9-5-2-6-10-20/h1-14,16,21H,15H2,(H,26,27)(H,28,29)/b25-16+. The smallest absolute Gasteiger partial charge is 0.335 e. The Morgan fingerprint density at radius 2 is 1.45 bits per heavy atom. The Balaban J connectivity index is 1.49. The van der Waals surface area contributed by atoms with Gasteiger partial charge in [0.25, 0.3) is 0 Å². The van der Waals surface area contributed by atoms with Crippen molar-refractivity contribution in [2.45, 2.75) is 11.8 Å². The molecule has 0 heterocycles. The lowest BCUT2D eigenvalue weighted by atomic mass is 9.85. The molecule has 0 saturated heterocycles. The average molecular weight is 384 g/mol. The molecule has 0 spiro atoms. The van der Waals surface area contributed by atoms with E-state index in [0.29, 0.717) is 5.56 Å². The van der Waals surface area contributed by atoms with Crippen LogP contribution in [0.2, 0.25) is 0 Å². The van der Waals surface area contributed by atoms with Crippen LogP contribution in [-0.2, 0) is 10.2 Å². The molecular formula is C24H20N2O3. The number of nitrogens with zero attached hydrogens (tertiary/aromatic N) is 1. The molecule has 1 aliphatic carbocycles. The lowest BCUT2D eigenvalue weighted by molar-refractivity contribution is -0.122. The summed E-state index contributed by atoms with van der Waals surface area (Å²) in [7, 11) is 0. The summed E-state index contributed by atoms with van der Waals surface area (Å²) in [5, 5.41) is 13.0. The number of nitrogens with one attached hydrogen (secondary N) is 1. The van der Waals surface area contributed by atoms with Crippen LogP contribution in [0.3, 0.4) is 0 Å². The highest BCUT2D eigenvalue weighted by atomic mass is 16.4. The third-order valence-electron chi connectivity index (χ3n) is 5.40. The molecule has 1 aliphatic rings. The van der Waals surface area contributed by atoms with Crippen molar-refractivity contribution in [1.82, 2.24) is 5.43 Å². The van der Waals surface area contributed by atoms with Gasteiger partial charge in [-0.1, -0.05) is 72.8 Å². The predicted molar refractivity (Wildman–Crippen MR) is 111 cm³/mol. The lowest BCUT2D eigenvalue weighted by Gasteiger charge is -2.18. The first-order valence-corrected chi connectivity index (χ1v) is 9.38. The minimum absolute atomic E-state index is 0.129. The summed E-state index contributed by atoms with van der Waals surface area (Å²) in [5.74, 6) is -1.30. The van der Waals surface area contributed by atoms with E-state index in [4.69, 9.17) is 5.11 Å². The molecule has 1 fully saturated rings. The van der Waals surface area contributed by atoms with E-state index in [1.807, 2.05) is 36.4 Å². The fourth-order valence-electron chi connectivity index (χ4n) is 3.82. The molecule has 0 aromatic heterocycles. The Morgan fingerprint density at radius 3 is 1.97 bits per heavy atom. The minimum Gasteiger partial charge on any atom is -0.478 e. The molecule has 5 heteroatoms. The van der Waals surface area contributed by atoms with E-state index < -0.39 is 5.97 Å². The number of rotatable bonds is 6. The van der Waals surface area contributed by atoms with Crippen LogP contribution >= 0.6 is 0 Å². The Bertz CT molecular complexity index is 1010. The highest BCUT2D eigenvalue weighted by molar-refractivity contribution is 5.90. The second kappa shape index (κ2) is 7.72. The number of benzene rings is 3. The van der Waals surface area contributed by atoms with Gasteiger partial charge in [-0.25, -0.2) is 10.2 Å². The summed E-state index contributed by atoms with van der Waals surface area (Å²) >= 11 is 0. The van der Waals surface area contributed by atoms with Crippen molar-refractivity contribution in [2.75, 3.05) is 0 Å². The van der Waals surface area contributed by atoms with Crippen LogP contribution < -0.4 is 5.43 Å². The molecule has 5 nitrogen and oxygen atoms in total. The molecule has 144 valence electrons. The van der Waals surface area contributed by atoms with Crippen LogP contribution in [0.1, 0.15) is 33.5 Å². The van der Waals surface area contributed by atoms with Crippen molar-refractivity contribution < 1.29 is 14.7 Å². The Hall–Kier alpha value is -3.73. The first-order valence-electron chi connectivity index (χ1n) is 9.38. The number of carboxylic acids is 1. The van der Waals surface area contributed by atoms with Gasteiger partial charge in [-0.3, -0.25) is 4.79 Å². The Labute approximate surface area is 168 Å². The van der Waals surface area contributed by atoms with Crippen LogP contribution in [0.25, 0.3) is 0 Å². The average Bonchev–Trinajstić information content (AvgIpc) is 3.52. The van der Waals surface area contributed by atoms with E-state index in [2.05, 4.69) is 34.8 Å². The molecule has 0 aliphatic heterocycles. The number of carbonyl (C=O) groups excluding carboxylic acids is 1. The second-order valence-corrected chi connectivity index (χ2v) is 7.12. The third kappa shape index (κ3) is 3.67. The quantitative estimate of drug-likeness (QED) is 0.501. The van der Waals surface area contributed by atoms with Crippen LogP contribution in [0.5, 0.6) is 0 Å². The number of hydrazone groups is 1. The molecule has 0 radical (unpaired) electrons. The zero-order valence-corrected chi connectivity index (χ0v) is 15.7. The number of carbonyl (C=O) groups is 2. The third-order valence-corrected chi connectivity index (χ3v) is 5.40. The number of hydrogen-bond acceptors (Lipinski definition) is 3. The summed E-state index contributed by atoms with van der Waals surface area (Å²) in [4.78, 5) is 23.7. The fourth-order valence-corrected chi connectivity index (χ4v) is 3.82. The van der Waals surface area contributed by atoms with E-state index in [9.17, 15) is 9.59 Å². The van der Waals surface area contributed by atoms with Gasteiger partial charge in [0.2, 0.25) is 5.91 Å². The zero-order chi connectivity index (χ0) is 20.3. The summed E-state index contributed by atoms with van der Waals surface area (Å²) in [6, 6.07) is 26.5. The minimum atomic E-state index is -0.978. The van der Waals surface area contributed by atoms with Gasteiger partial charge in [0, 0.05) is 5.41 Å². The van der Waals surface area contributed by atoms with Crippen LogP contribution in [-0.4, -0.2) is 23.2 Å². The molecule has 0 bridgehead atoms. The van der Waals surface area contributed by atoms with Crippen molar-refractivity contribution in [2.24, 2.45) is 11.0 Å². The number of carboxylic acid groups (broad SMARTS) is 1. The van der Waals surface area contributed by atoms with Gasteiger partial charge in [-0.05, 0) is 35.2 Å². The normalized spacial score (nSPS) is 17.0. The molecule has 1 atom stereocenters. The van der Waals surface area contributed by atoms with E-state index in [-0.39, 0.29) is 22.8 Å². The van der Waals surface area contributed by atoms with Crippen molar-refractivity contribution in [3.63, 3.8) is 0 Å². The molecule has 3 aromatic carbocycles. The molecular weight excluding hydrogens is 364 g/mol. The summed E-state index contributed by atoms with van der Waals surface area (Å²) < 4.78 is 0. The SMILES string of the molecule is O=C(O)c1ccc(/C=N/NC(=O)C2CC2(c2ccccc2)c2ccccc2)cc1. The van der Waals surface area contributed by atoms with Crippen molar-refractivity contribution in [3.05, 3.63) is 107 Å². The zero-order valence-electron chi connectivity index (χ0n) is 15.7.